The Morgan fingerprint density at radius 1 is 0.867 bits per heavy atom. The molecule has 0 radical (unpaired) electrons. The smallest absolute Gasteiger partial charge is 0.00782 e. The zero-order valence-corrected chi connectivity index (χ0v) is 8.69. The Labute approximate surface area is 90.6 Å². The molecule has 0 unspecified atom stereocenters. The molecule has 1 aliphatic rings. The molecule has 0 nitrogen and oxygen atoms in total. The highest BCUT2D eigenvalue weighted by Gasteiger charge is 2.24. The lowest BCUT2D eigenvalue weighted by molar-refractivity contribution is 0.604. The quantitative estimate of drug-likeness (QED) is 0.685. The summed E-state index contributed by atoms with van der Waals surface area (Å²) in [7, 11) is 0. The van der Waals surface area contributed by atoms with Crippen molar-refractivity contribution < 1.29 is 0 Å². The van der Waals surface area contributed by atoms with Gasteiger partial charge in [0, 0.05) is 0 Å². The molecule has 2 aromatic rings. The van der Waals surface area contributed by atoms with Gasteiger partial charge in [-0.2, -0.15) is 0 Å². The van der Waals surface area contributed by atoms with Crippen molar-refractivity contribution in [2.75, 3.05) is 0 Å². The van der Waals surface area contributed by atoms with Crippen LogP contribution >= 0.6 is 0 Å². The Kier molecular flexibility index (Phi) is 2.06. The fourth-order valence-corrected chi connectivity index (χ4v) is 2.44. The van der Waals surface area contributed by atoms with Gasteiger partial charge in [-0.3, -0.25) is 0 Å². The molecule has 0 heterocycles. The summed E-state index contributed by atoms with van der Waals surface area (Å²) in [6, 6.07) is 19.6. The Balaban J connectivity index is 1.79. The van der Waals surface area contributed by atoms with Crippen molar-refractivity contribution in [1.29, 1.82) is 0 Å². The van der Waals surface area contributed by atoms with Crippen LogP contribution in [-0.4, -0.2) is 0 Å². The van der Waals surface area contributed by atoms with E-state index in [0.29, 0.717) is 0 Å². The Hall–Kier alpha value is -1.56. The summed E-state index contributed by atoms with van der Waals surface area (Å²) in [5.41, 5.74) is 4.55. The number of hydrogen-bond acceptors (Lipinski definition) is 0. The molecule has 0 fully saturated rings. The average Bonchev–Trinajstić information content (AvgIpc) is 2.27. The molecule has 0 amide bonds. The molecule has 0 heteroatoms. The molecule has 1 atom stereocenters. The maximum atomic E-state index is 2.27. The van der Waals surface area contributed by atoms with E-state index in [4.69, 9.17) is 0 Å². The van der Waals surface area contributed by atoms with Crippen molar-refractivity contribution in [1.82, 2.24) is 0 Å². The van der Waals surface area contributed by atoms with Gasteiger partial charge in [0.1, 0.15) is 0 Å². The molecule has 0 aliphatic heterocycles. The fraction of sp³-hybridized carbons (Fsp3) is 0.200. The monoisotopic (exact) mass is 194 g/mol. The summed E-state index contributed by atoms with van der Waals surface area (Å²) >= 11 is 0. The van der Waals surface area contributed by atoms with Crippen LogP contribution in [0.2, 0.25) is 0 Å². The highest BCUT2D eigenvalue weighted by Crippen LogP contribution is 2.36. The van der Waals surface area contributed by atoms with E-state index in [1.165, 1.54) is 18.4 Å². The average molecular weight is 194 g/mol. The summed E-state index contributed by atoms with van der Waals surface area (Å²) in [5, 5.41) is 0. The van der Waals surface area contributed by atoms with E-state index in [2.05, 4.69) is 54.6 Å². The standard InChI is InChI=1S/C15H14/c1-2-6-12(7-3-1)10-14-11-13-8-4-5-9-15(13)14/h1-9,14H,10-11H2/t14-/m1/s1. The third-order valence-electron chi connectivity index (χ3n) is 3.29. The summed E-state index contributed by atoms with van der Waals surface area (Å²) in [6.07, 6.45) is 2.45. The minimum atomic E-state index is 0.753. The second kappa shape index (κ2) is 3.54. The first kappa shape index (κ1) is 8.72. The van der Waals surface area contributed by atoms with E-state index >= 15 is 0 Å². The van der Waals surface area contributed by atoms with Gasteiger partial charge in [-0.25, -0.2) is 0 Å². The highest BCUT2D eigenvalue weighted by atomic mass is 14.3. The molecule has 2 aromatic carbocycles. The van der Waals surface area contributed by atoms with E-state index < -0.39 is 0 Å². The van der Waals surface area contributed by atoms with Crippen LogP contribution in [0.15, 0.2) is 54.6 Å². The number of fused-ring (bicyclic) bond motifs is 1. The Bertz CT molecular complexity index is 456. The highest BCUT2D eigenvalue weighted by molar-refractivity contribution is 5.41. The SMILES string of the molecule is c1ccc(C[C@@H]2Cc3ccccc32)cc1. The predicted molar refractivity (Wildman–Crippen MR) is 63.0 cm³/mol. The van der Waals surface area contributed by atoms with Gasteiger partial charge >= 0.3 is 0 Å². The Morgan fingerprint density at radius 3 is 2.40 bits per heavy atom. The van der Waals surface area contributed by atoms with Gasteiger partial charge in [-0.05, 0) is 35.4 Å². The lowest BCUT2D eigenvalue weighted by Gasteiger charge is -2.30. The van der Waals surface area contributed by atoms with Crippen molar-refractivity contribution in [2.45, 2.75) is 18.8 Å². The van der Waals surface area contributed by atoms with E-state index in [0.717, 1.165) is 5.92 Å². The van der Waals surface area contributed by atoms with Gasteiger partial charge < -0.3 is 0 Å². The van der Waals surface area contributed by atoms with Crippen molar-refractivity contribution >= 4 is 0 Å². The third kappa shape index (κ3) is 1.56. The van der Waals surface area contributed by atoms with E-state index in [1.807, 2.05) is 0 Å². The van der Waals surface area contributed by atoms with Gasteiger partial charge in [0.2, 0.25) is 0 Å². The first-order valence-corrected chi connectivity index (χ1v) is 5.55. The largest absolute Gasteiger partial charge is 0.0622 e. The Morgan fingerprint density at radius 2 is 1.60 bits per heavy atom. The van der Waals surface area contributed by atoms with Crippen molar-refractivity contribution in [2.24, 2.45) is 0 Å². The molecule has 0 saturated heterocycles. The zero-order valence-electron chi connectivity index (χ0n) is 8.69. The molecule has 3 rings (SSSR count). The van der Waals surface area contributed by atoms with Gasteiger partial charge in [0.05, 0.1) is 0 Å². The second-order valence-electron chi connectivity index (χ2n) is 4.29. The van der Waals surface area contributed by atoms with Crippen molar-refractivity contribution in [3.8, 4) is 0 Å². The summed E-state index contributed by atoms with van der Waals surface area (Å²) in [6.45, 7) is 0. The van der Waals surface area contributed by atoms with Gasteiger partial charge in [-0.15, -0.1) is 0 Å². The van der Waals surface area contributed by atoms with Crippen molar-refractivity contribution in [3.05, 3.63) is 71.3 Å². The molecule has 0 bridgehead atoms. The molecule has 0 saturated carbocycles. The third-order valence-corrected chi connectivity index (χ3v) is 3.29. The lowest BCUT2D eigenvalue weighted by Crippen LogP contribution is -2.18. The molecule has 74 valence electrons. The fourth-order valence-electron chi connectivity index (χ4n) is 2.44. The summed E-state index contributed by atoms with van der Waals surface area (Å²) < 4.78 is 0. The molecular formula is C15H14. The van der Waals surface area contributed by atoms with E-state index in [1.54, 1.807) is 11.1 Å². The van der Waals surface area contributed by atoms with Crippen LogP contribution < -0.4 is 0 Å². The number of benzene rings is 2. The minimum Gasteiger partial charge on any atom is -0.0622 e. The van der Waals surface area contributed by atoms with Gasteiger partial charge in [0.15, 0.2) is 0 Å². The number of rotatable bonds is 2. The van der Waals surface area contributed by atoms with Crippen LogP contribution in [0.3, 0.4) is 0 Å². The molecule has 15 heavy (non-hydrogen) atoms. The van der Waals surface area contributed by atoms with Crippen LogP contribution in [0.4, 0.5) is 0 Å². The van der Waals surface area contributed by atoms with Crippen LogP contribution in [0.25, 0.3) is 0 Å². The topological polar surface area (TPSA) is 0 Å². The normalized spacial score (nSPS) is 18.0. The summed E-state index contributed by atoms with van der Waals surface area (Å²) in [5.74, 6) is 0.753. The van der Waals surface area contributed by atoms with Crippen LogP contribution in [0.1, 0.15) is 22.6 Å². The minimum absolute atomic E-state index is 0.753. The van der Waals surface area contributed by atoms with E-state index in [-0.39, 0.29) is 0 Å². The van der Waals surface area contributed by atoms with Crippen molar-refractivity contribution in [3.63, 3.8) is 0 Å². The first-order valence-electron chi connectivity index (χ1n) is 5.55. The summed E-state index contributed by atoms with van der Waals surface area (Å²) in [4.78, 5) is 0. The van der Waals surface area contributed by atoms with Gasteiger partial charge in [-0.1, -0.05) is 54.6 Å². The van der Waals surface area contributed by atoms with E-state index in [9.17, 15) is 0 Å². The molecule has 0 spiro atoms. The molecule has 1 aliphatic carbocycles. The van der Waals surface area contributed by atoms with Gasteiger partial charge in [0.25, 0.3) is 0 Å². The van der Waals surface area contributed by atoms with Crippen LogP contribution in [-0.2, 0) is 12.8 Å². The molecular weight excluding hydrogens is 180 g/mol. The maximum absolute atomic E-state index is 2.27. The van der Waals surface area contributed by atoms with Crippen LogP contribution in [0, 0.1) is 0 Å². The maximum Gasteiger partial charge on any atom is -0.00782 e. The first-order chi connectivity index (χ1) is 7.43. The molecule has 0 N–H and O–H groups in total. The van der Waals surface area contributed by atoms with Crippen LogP contribution in [0.5, 0.6) is 0 Å². The number of hydrogen-bond donors (Lipinski definition) is 0. The lowest BCUT2D eigenvalue weighted by atomic mass is 9.74. The zero-order chi connectivity index (χ0) is 10.1. The molecule has 0 aromatic heterocycles. The second-order valence-corrected chi connectivity index (χ2v) is 4.29. The predicted octanol–water partition coefficient (Wildman–Crippen LogP) is 3.57.